The lowest BCUT2D eigenvalue weighted by Crippen LogP contribution is -2.30. The van der Waals surface area contributed by atoms with Gasteiger partial charge in [-0.3, -0.25) is 9.59 Å². The van der Waals surface area contributed by atoms with E-state index in [0.29, 0.717) is 12.2 Å². The Morgan fingerprint density at radius 3 is 2.27 bits per heavy atom. The first kappa shape index (κ1) is 21.0. The lowest BCUT2D eigenvalue weighted by molar-refractivity contribution is -0.135. The van der Waals surface area contributed by atoms with Gasteiger partial charge < -0.3 is 15.5 Å². The molecule has 0 saturated heterocycles. The van der Waals surface area contributed by atoms with Crippen LogP contribution in [0.5, 0.6) is 5.75 Å². The van der Waals surface area contributed by atoms with Gasteiger partial charge in [-0.25, -0.2) is 9.97 Å². The molecule has 1 amide bonds. The standard InChI is InChI=1S/C23H23N3O4/c1-15-22(29)21(23(30)24-14-20(27)28)26-19(25-15)9-5-6-16-10-12-18(13-11-16)17-7-3-2-4-8-17/h2-4,7-8,10-13,29H,5-6,9,14H2,1H3,(H,24,30)(H,27,28). The zero-order chi connectivity index (χ0) is 21.5. The van der Waals surface area contributed by atoms with E-state index in [1.54, 1.807) is 6.92 Å². The number of nitrogens with one attached hydrogen (secondary N) is 1. The number of hydrogen-bond donors (Lipinski definition) is 3. The largest absolute Gasteiger partial charge is 0.504 e. The van der Waals surface area contributed by atoms with Gasteiger partial charge in [0.15, 0.2) is 11.4 Å². The molecule has 0 radical (unpaired) electrons. The molecule has 0 spiro atoms. The highest BCUT2D eigenvalue weighted by Crippen LogP contribution is 2.21. The van der Waals surface area contributed by atoms with Gasteiger partial charge in [0.2, 0.25) is 0 Å². The van der Waals surface area contributed by atoms with Gasteiger partial charge in [-0.15, -0.1) is 0 Å². The minimum absolute atomic E-state index is 0.203. The van der Waals surface area contributed by atoms with Gasteiger partial charge in [-0.05, 0) is 36.5 Å². The van der Waals surface area contributed by atoms with Crippen molar-refractivity contribution in [3.63, 3.8) is 0 Å². The highest BCUT2D eigenvalue weighted by atomic mass is 16.4. The fourth-order valence-corrected chi connectivity index (χ4v) is 3.08. The Labute approximate surface area is 174 Å². The Morgan fingerprint density at radius 2 is 1.60 bits per heavy atom. The third-order valence-electron chi connectivity index (χ3n) is 4.65. The van der Waals surface area contributed by atoms with Gasteiger partial charge in [-0.1, -0.05) is 54.6 Å². The number of carboxylic acid groups (broad SMARTS) is 1. The van der Waals surface area contributed by atoms with E-state index in [2.05, 4.69) is 51.7 Å². The molecule has 2 aromatic carbocycles. The first-order valence-corrected chi connectivity index (χ1v) is 9.65. The van der Waals surface area contributed by atoms with Crippen molar-refractivity contribution in [1.29, 1.82) is 0 Å². The van der Waals surface area contributed by atoms with Crippen LogP contribution in [-0.4, -0.2) is 38.6 Å². The van der Waals surface area contributed by atoms with Crippen LogP contribution in [0.15, 0.2) is 54.6 Å². The zero-order valence-electron chi connectivity index (χ0n) is 16.6. The van der Waals surface area contributed by atoms with Crippen molar-refractivity contribution < 1.29 is 19.8 Å². The highest BCUT2D eigenvalue weighted by molar-refractivity contribution is 5.96. The van der Waals surface area contributed by atoms with E-state index in [1.165, 1.54) is 11.1 Å². The number of hydrogen-bond acceptors (Lipinski definition) is 5. The van der Waals surface area contributed by atoms with Crippen LogP contribution in [0.25, 0.3) is 11.1 Å². The maximum absolute atomic E-state index is 12.1. The van der Waals surface area contributed by atoms with Crippen LogP contribution in [0.3, 0.4) is 0 Å². The summed E-state index contributed by atoms with van der Waals surface area (Å²) in [5.74, 6) is -1.81. The maximum Gasteiger partial charge on any atom is 0.322 e. The number of benzene rings is 2. The number of carbonyl (C=O) groups is 2. The fraction of sp³-hybridized carbons (Fsp3) is 0.217. The molecule has 154 valence electrons. The molecular weight excluding hydrogens is 382 g/mol. The quantitative estimate of drug-likeness (QED) is 0.531. The van der Waals surface area contributed by atoms with Gasteiger partial charge >= 0.3 is 5.97 Å². The van der Waals surface area contributed by atoms with E-state index < -0.39 is 18.4 Å². The molecule has 0 aliphatic carbocycles. The van der Waals surface area contributed by atoms with Crippen LogP contribution in [0.1, 0.15) is 34.0 Å². The molecule has 7 nitrogen and oxygen atoms in total. The molecule has 0 bridgehead atoms. The highest BCUT2D eigenvalue weighted by Gasteiger charge is 2.18. The minimum atomic E-state index is -1.17. The van der Waals surface area contributed by atoms with E-state index in [1.807, 2.05) is 18.2 Å². The van der Waals surface area contributed by atoms with Crippen LogP contribution in [0, 0.1) is 6.92 Å². The molecule has 3 N–H and O–H groups in total. The van der Waals surface area contributed by atoms with Crippen LogP contribution in [0.4, 0.5) is 0 Å². The SMILES string of the molecule is Cc1nc(CCCc2ccc(-c3ccccc3)cc2)nc(C(=O)NCC(=O)O)c1O. The summed E-state index contributed by atoms with van der Waals surface area (Å²) in [4.78, 5) is 31.1. The Bertz CT molecular complexity index is 1030. The second-order valence-electron chi connectivity index (χ2n) is 6.92. The van der Waals surface area contributed by atoms with E-state index in [4.69, 9.17) is 5.11 Å². The van der Waals surface area contributed by atoms with Crippen LogP contribution >= 0.6 is 0 Å². The predicted octanol–water partition coefficient (Wildman–Crippen LogP) is 3.15. The van der Waals surface area contributed by atoms with Crippen molar-refractivity contribution in [2.24, 2.45) is 0 Å². The first-order valence-electron chi connectivity index (χ1n) is 9.65. The molecule has 1 aromatic heterocycles. The molecule has 0 fully saturated rings. The number of aryl methyl sites for hydroxylation is 3. The Hall–Kier alpha value is -3.74. The van der Waals surface area contributed by atoms with Gasteiger partial charge in [0.05, 0.1) is 5.69 Å². The van der Waals surface area contributed by atoms with E-state index in [9.17, 15) is 14.7 Å². The van der Waals surface area contributed by atoms with E-state index >= 15 is 0 Å². The molecule has 0 aliphatic rings. The normalized spacial score (nSPS) is 10.6. The Kier molecular flexibility index (Phi) is 6.75. The Morgan fingerprint density at radius 1 is 0.933 bits per heavy atom. The second kappa shape index (κ2) is 9.65. The molecular formula is C23H23N3O4. The third kappa shape index (κ3) is 5.41. The molecule has 3 aromatic rings. The number of carbonyl (C=O) groups excluding carboxylic acids is 1. The number of amides is 1. The summed E-state index contributed by atoms with van der Waals surface area (Å²) in [6.45, 7) is 1.03. The van der Waals surface area contributed by atoms with Crippen molar-refractivity contribution in [3.8, 4) is 16.9 Å². The topological polar surface area (TPSA) is 112 Å². The Balaban J connectivity index is 1.62. The third-order valence-corrected chi connectivity index (χ3v) is 4.65. The van der Waals surface area contributed by atoms with Crippen LogP contribution in [0.2, 0.25) is 0 Å². The molecule has 0 aliphatic heterocycles. The summed E-state index contributed by atoms with van der Waals surface area (Å²) in [5, 5.41) is 20.9. The van der Waals surface area contributed by atoms with Crippen molar-refractivity contribution in [2.75, 3.05) is 6.54 Å². The summed E-state index contributed by atoms with van der Waals surface area (Å²) < 4.78 is 0. The molecule has 0 unspecified atom stereocenters. The monoisotopic (exact) mass is 405 g/mol. The second-order valence-corrected chi connectivity index (χ2v) is 6.92. The summed E-state index contributed by atoms with van der Waals surface area (Å²) in [7, 11) is 0. The van der Waals surface area contributed by atoms with Crippen LogP contribution < -0.4 is 5.32 Å². The van der Waals surface area contributed by atoms with Crippen molar-refractivity contribution in [1.82, 2.24) is 15.3 Å². The fourth-order valence-electron chi connectivity index (χ4n) is 3.08. The van der Waals surface area contributed by atoms with Crippen molar-refractivity contribution >= 4 is 11.9 Å². The average molecular weight is 405 g/mol. The van der Waals surface area contributed by atoms with Gasteiger partial charge in [0.25, 0.3) is 5.91 Å². The molecule has 7 heteroatoms. The summed E-state index contributed by atoms with van der Waals surface area (Å²) >= 11 is 0. The lowest BCUT2D eigenvalue weighted by atomic mass is 10.0. The summed E-state index contributed by atoms with van der Waals surface area (Å²) in [6, 6.07) is 18.5. The number of aromatic nitrogens is 2. The molecule has 3 rings (SSSR count). The molecule has 0 atom stereocenters. The maximum atomic E-state index is 12.1. The summed E-state index contributed by atoms with van der Waals surface area (Å²) in [6.07, 6.45) is 2.12. The first-order chi connectivity index (χ1) is 14.4. The van der Waals surface area contributed by atoms with Crippen molar-refractivity contribution in [3.05, 3.63) is 77.4 Å². The predicted molar refractivity (Wildman–Crippen MR) is 112 cm³/mol. The smallest absolute Gasteiger partial charge is 0.322 e. The van der Waals surface area contributed by atoms with Crippen LogP contribution in [-0.2, 0) is 17.6 Å². The van der Waals surface area contributed by atoms with Gasteiger partial charge in [0, 0.05) is 6.42 Å². The molecule has 0 saturated carbocycles. The average Bonchev–Trinajstić information content (AvgIpc) is 2.75. The van der Waals surface area contributed by atoms with E-state index in [-0.39, 0.29) is 17.1 Å². The zero-order valence-corrected chi connectivity index (χ0v) is 16.6. The number of nitrogens with zero attached hydrogens (tertiary/aromatic N) is 2. The summed E-state index contributed by atoms with van der Waals surface area (Å²) in [5.41, 5.74) is 3.60. The van der Waals surface area contributed by atoms with Crippen molar-refractivity contribution in [2.45, 2.75) is 26.2 Å². The molecule has 1 heterocycles. The lowest BCUT2D eigenvalue weighted by Gasteiger charge is -2.09. The number of aliphatic carboxylic acids is 1. The minimum Gasteiger partial charge on any atom is -0.504 e. The molecule has 30 heavy (non-hydrogen) atoms. The number of rotatable bonds is 8. The number of aromatic hydroxyl groups is 1. The van der Waals surface area contributed by atoms with Gasteiger partial charge in [0.1, 0.15) is 12.4 Å². The number of carboxylic acids is 1. The van der Waals surface area contributed by atoms with E-state index in [0.717, 1.165) is 18.4 Å². The van der Waals surface area contributed by atoms with Gasteiger partial charge in [-0.2, -0.15) is 0 Å².